The number of carbonyl (C=O) groups is 1. The van der Waals surface area contributed by atoms with Crippen LogP contribution in [0.15, 0.2) is 24.4 Å². The Morgan fingerprint density at radius 3 is 2.55 bits per heavy atom. The number of rotatable bonds is 6. The number of aromatic nitrogens is 1. The van der Waals surface area contributed by atoms with Gasteiger partial charge in [0, 0.05) is 24.2 Å². The monoisotopic (exact) mass is 399 g/mol. The number of likely N-dealkylation sites (N-methyl/N-ethyl adjacent to an activating group) is 1. The minimum absolute atomic E-state index is 0.0287. The van der Waals surface area contributed by atoms with E-state index in [0.717, 1.165) is 60.9 Å². The number of hydrogen-bond donors (Lipinski definition) is 0. The molecule has 0 amide bonds. The molecule has 6 nitrogen and oxygen atoms in total. The maximum atomic E-state index is 13.0. The van der Waals surface area contributed by atoms with Crippen molar-refractivity contribution in [3.05, 3.63) is 30.0 Å². The van der Waals surface area contributed by atoms with Crippen LogP contribution >= 0.6 is 0 Å². The third-order valence-corrected chi connectivity index (χ3v) is 6.44. The van der Waals surface area contributed by atoms with Crippen LogP contribution < -0.4 is 4.74 Å². The predicted molar refractivity (Wildman–Crippen MR) is 115 cm³/mol. The summed E-state index contributed by atoms with van der Waals surface area (Å²) in [5.41, 5.74) is 2.03. The van der Waals surface area contributed by atoms with Crippen LogP contribution in [-0.4, -0.2) is 73.4 Å². The lowest BCUT2D eigenvalue weighted by atomic mass is 9.90. The number of carbonyl (C=O) groups excluding carboxylic acids is 1. The van der Waals surface area contributed by atoms with E-state index < -0.39 is 0 Å². The highest BCUT2D eigenvalue weighted by atomic mass is 16.6. The van der Waals surface area contributed by atoms with Gasteiger partial charge in [0.25, 0.3) is 0 Å². The third kappa shape index (κ3) is 4.43. The van der Waals surface area contributed by atoms with Gasteiger partial charge in [0.15, 0.2) is 0 Å². The van der Waals surface area contributed by atoms with Gasteiger partial charge in [0.1, 0.15) is 11.9 Å². The van der Waals surface area contributed by atoms with Gasteiger partial charge in [-0.25, -0.2) is 4.79 Å². The second kappa shape index (κ2) is 8.76. The van der Waals surface area contributed by atoms with Gasteiger partial charge in [-0.1, -0.05) is 0 Å². The maximum Gasteiger partial charge on any atom is 0.418 e. The molecule has 2 heterocycles. The highest BCUT2D eigenvalue weighted by Gasteiger charge is 2.30. The molecule has 1 aromatic carbocycles. The molecule has 158 valence electrons. The molecule has 0 atom stereocenters. The molecule has 2 aliphatic rings. The summed E-state index contributed by atoms with van der Waals surface area (Å²) >= 11 is 0. The van der Waals surface area contributed by atoms with Crippen LogP contribution in [0.1, 0.15) is 37.7 Å². The van der Waals surface area contributed by atoms with E-state index in [0.29, 0.717) is 6.04 Å². The number of ether oxygens (including phenoxy) is 2. The highest BCUT2D eigenvalue weighted by molar-refractivity contribution is 5.92. The third-order valence-electron chi connectivity index (χ3n) is 6.44. The number of nitrogens with zero attached hydrogens (tertiary/aromatic N) is 3. The predicted octanol–water partition coefficient (Wildman–Crippen LogP) is 3.76. The number of methoxy groups -OCH3 is 1. The minimum Gasteiger partial charge on any atom is -0.497 e. The van der Waals surface area contributed by atoms with E-state index in [1.54, 1.807) is 11.7 Å². The summed E-state index contributed by atoms with van der Waals surface area (Å²) in [4.78, 5) is 17.7. The number of fused-ring (bicyclic) bond motifs is 1. The Labute approximate surface area is 173 Å². The van der Waals surface area contributed by atoms with Crippen molar-refractivity contribution in [2.75, 3.05) is 40.8 Å². The number of likely N-dealkylation sites (tertiary alicyclic amines) is 1. The number of hydrogen-bond acceptors (Lipinski definition) is 5. The second-order valence-electron chi connectivity index (χ2n) is 8.66. The van der Waals surface area contributed by atoms with Gasteiger partial charge < -0.3 is 19.3 Å². The topological polar surface area (TPSA) is 46.9 Å². The lowest BCUT2D eigenvalue weighted by Crippen LogP contribution is -2.47. The first kappa shape index (κ1) is 20.2. The van der Waals surface area contributed by atoms with Crippen LogP contribution in [0.4, 0.5) is 4.79 Å². The SMILES string of the molecule is COc1ccc2c(c1)c(CCN(C)C)cn2C(=O)OC1CCC(N2CCC2)CC1. The second-order valence-corrected chi connectivity index (χ2v) is 8.66. The fourth-order valence-electron chi connectivity index (χ4n) is 4.53. The summed E-state index contributed by atoms with van der Waals surface area (Å²) in [7, 11) is 5.79. The lowest BCUT2D eigenvalue weighted by Gasteiger charge is -2.41. The summed E-state index contributed by atoms with van der Waals surface area (Å²) in [6.07, 6.45) is 8.12. The quantitative estimate of drug-likeness (QED) is 0.740. The Morgan fingerprint density at radius 2 is 1.93 bits per heavy atom. The summed E-state index contributed by atoms with van der Waals surface area (Å²) in [5, 5.41) is 1.06. The highest BCUT2D eigenvalue weighted by Crippen LogP contribution is 2.30. The first-order chi connectivity index (χ1) is 14.0. The van der Waals surface area contributed by atoms with Crippen LogP contribution in [0, 0.1) is 0 Å². The zero-order valence-corrected chi connectivity index (χ0v) is 17.9. The molecule has 1 aliphatic carbocycles. The van der Waals surface area contributed by atoms with E-state index in [1.165, 1.54) is 19.5 Å². The Hall–Kier alpha value is -2.05. The molecule has 2 aromatic rings. The molecule has 29 heavy (non-hydrogen) atoms. The first-order valence-electron chi connectivity index (χ1n) is 10.8. The van der Waals surface area contributed by atoms with Gasteiger partial charge in [-0.3, -0.25) is 4.57 Å². The van der Waals surface area contributed by atoms with Crippen molar-refractivity contribution >= 4 is 17.0 Å². The van der Waals surface area contributed by atoms with E-state index in [4.69, 9.17) is 9.47 Å². The molecule has 1 saturated heterocycles. The van der Waals surface area contributed by atoms with Gasteiger partial charge in [-0.15, -0.1) is 0 Å². The Morgan fingerprint density at radius 1 is 1.17 bits per heavy atom. The van der Waals surface area contributed by atoms with Crippen LogP contribution in [-0.2, 0) is 11.2 Å². The van der Waals surface area contributed by atoms with E-state index in [1.807, 2.05) is 24.4 Å². The molecule has 4 rings (SSSR count). The van der Waals surface area contributed by atoms with E-state index >= 15 is 0 Å². The molecular weight excluding hydrogens is 366 g/mol. The van der Waals surface area contributed by atoms with E-state index in [-0.39, 0.29) is 12.2 Å². The molecule has 6 heteroatoms. The van der Waals surface area contributed by atoms with Crippen molar-refractivity contribution in [2.45, 2.75) is 50.7 Å². The molecule has 0 bridgehead atoms. The standard InChI is InChI=1S/C23H33N3O3/c1-24(2)14-11-17-16-26(22-10-9-20(28-3)15-21(17)22)23(27)29-19-7-5-18(6-8-19)25-12-4-13-25/h9-10,15-16,18-19H,4-8,11-14H2,1-3H3. The zero-order chi connectivity index (χ0) is 20.4. The fourth-order valence-corrected chi connectivity index (χ4v) is 4.53. The minimum atomic E-state index is -0.260. The van der Waals surface area contributed by atoms with Crippen molar-refractivity contribution in [3.8, 4) is 5.75 Å². The van der Waals surface area contributed by atoms with Gasteiger partial charge >= 0.3 is 6.09 Å². The maximum absolute atomic E-state index is 13.0. The summed E-state index contributed by atoms with van der Waals surface area (Å²) in [6, 6.07) is 6.56. The molecule has 1 saturated carbocycles. The molecule has 2 fully saturated rings. The summed E-state index contributed by atoms with van der Waals surface area (Å²) in [5.74, 6) is 0.805. The van der Waals surface area contributed by atoms with Gasteiger partial charge in [-0.2, -0.15) is 0 Å². The Balaban J connectivity index is 1.48. The fraction of sp³-hybridized carbons (Fsp3) is 0.609. The molecule has 0 unspecified atom stereocenters. The Kier molecular flexibility index (Phi) is 6.11. The zero-order valence-electron chi connectivity index (χ0n) is 17.9. The van der Waals surface area contributed by atoms with Crippen molar-refractivity contribution < 1.29 is 14.3 Å². The van der Waals surface area contributed by atoms with Crippen molar-refractivity contribution in [1.82, 2.24) is 14.4 Å². The van der Waals surface area contributed by atoms with Crippen molar-refractivity contribution in [1.29, 1.82) is 0 Å². The first-order valence-corrected chi connectivity index (χ1v) is 10.8. The van der Waals surface area contributed by atoms with Gasteiger partial charge in [0.2, 0.25) is 0 Å². The number of benzene rings is 1. The lowest BCUT2D eigenvalue weighted by molar-refractivity contribution is 0.0307. The average molecular weight is 400 g/mol. The van der Waals surface area contributed by atoms with E-state index in [9.17, 15) is 4.79 Å². The molecule has 0 N–H and O–H groups in total. The van der Waals surface area contributed by atoms with Crippen molar-refractivity contribution in [2.24, 2.45) is 0 Å². The van der Waals surface area contributed by atoms with Crippen LogP contribution in [0.5, 0.6) is 5.75 Å². The molecule has 0 spiro atoms. The van der Waals surface area contributed by atoms with Crippen molar-refractivity contribution in [3.63, 3.8) is 0 Å². The molecule has 0 radical (unpaired) electrons. The normalized spacial score (nSPS) is 22.6. The Bertz CT molecular complexity index is 848. The van der Waals surface area contributed by atoms with Crippen LogP contribution in [0.3, 0.4) is 0 Å². The molecule has 1 aromatic heterocycles. The average Bonchev–Trinajstić information content (AvgIpc) is 3.04. The smallest absolute Gasteiger partial charge is 0.418 e. The van der Waals surface area contributed by atoms with Crippen LogP contribution in [0.25, 0.3) is 10.9 Å². The summed E-state index contributed by atoms with van der Waals surface area (Å²) < 4.78 is 13.0. The van der Waals surface area contributed by atoms with Crippen LogP contribution in [0.2, 0.25) is 0 Å². The van der Waals surface area contributed by atoms with E-state index in [2.05, 4.69) is 23.9 Å². The van der Waals surface area contributed by atoms with Gasteiger partial charge in [0.05, 0.1) is 12.6 Å². The molecule has 1 aliphatic heterocycles. The van der Waals surface area contributed by atoms with Gasteiger partial charge in [-0.05, 0) is 89.5 Å². The molecular formula is C23H33N3O3. The largest absolute Gasteiger partial charge is 0.497 e. The summed E-state index contributed by atoms with van der Waals surface area (Å²) in [6.45, 7) is 3.40.